The first-order valence-electron chi connectivity index (χ1n) is 7.25. The van der Waals surface area contributed by atoms with E-state index in [1.165, 1.54) is 6.20 Å². The van der Waals surface area contributed by atoms with Gasteiger partial charge in [-0.25, -0.2) is 0 Å². The molecule has 1 aliphatic rings. The topological polar surface area (TPSA) is 78.1 Å². The fraction of sp³-hybridized carbons (Fsp3) is 0.312. The van der Waals surface area contributed by atoms with Gasteiger partial charge < -0.3 is 10.2 Å². The van der Waals surface area contributed by atoms with E-state index in [2.05, 4.69) is 15.5 Å². The summed E-state index contributed by atoms with van der Waals surface area (Å²) in [4.78, 5) is 26.4. The van der Waals surface area contributed by atoms with Gasteiger partial charge in [-0.2, -0.15) is 5.10 Å². The van der Waals surface area contributed by atoms with Crippen molar-refractivity contribution in [3.8, 4) is 0 Å². The average Bonchev–Trinajstić information content (AvgIpc) is 3.07. The number of hydrogen-bond donors (Lipinski definition) is 2. The summed E-state index contributed by atoms with van der Waals surface area (Å²) in [6, 6.07) is 7.32. The molecule has 0 bridgehead atoms. The van der Waals surface area contributed by atoms with Crippen LogP contribution in [0.25, 0.3) is 0 Å². The van der Waals surface area contributed by atoms with Crippen molar-refractivity contribution >= 4 is 17.5 Å². The van der Waals surface area contributed by atoms with E-state index in [-0.39, 0.29) is 11.8 Å². The van der Waals surface area contributed by atoms with Gasteiger partial charge in [0.2, 0.25) is 5.91 Å². The molecule has 1 aromatic carbocycles. The van der Waals surface area contributed by atoms with Crippen molar-refractivity contribution < 1.29 is 9.59 Å². The van der Waals surface area contributed by atoms with Crippen molar-refractivity contribution in [2.24, 2.45) is 0 Å². The van der Waals surface area contributed by atoms with E-state index in [1.54, 1.807) is 11.8 Å². The maximum absolute atomic E-state index is 12.5. The maximum atomic E-state index is 12.5. The first kappa shape index (κ1) is 14.3. The Morgan fingerprint density at radius 1 is 1.32 bits per heavy atom. The Morgan fingerprint density at radius 3 is 2.68 bits per heavy atom. The van der Waals surface area contributed by atoms with E-state index >= 15 is 0 Å². The molecular weight excluding hydrogens is 280 g/mol. The number of carbonyl (C=O) groups is 2. The summed E-state index contributed by atoms with van der Waals surface area (Å²) in [7, 11) is 0. The van der Waals surface area contributed by atoms with E-state index in [1.807, 2.05) is 31.2 Å². The first-order valence-corrected chi connectivity index (χ1v) is 7.25. The summed E-state index contributed by atoms with van der Waals surface area (Å²) >= 11 is 0. The molecule has 0 radical (unpaired) electrons. The van der Waals surface area contributed by atoms with Crippen LogP contribution in [0, 0.1) is 13.8 Å². The molecule has 2 aromatic rings. The van der Waals surface area contributed by atoms with Gasteiger partial charge in [0.25, 0.3) is 5.91 Å². The third-order valence-corrected chi connectivity index (χ3v) is 3.93. The minimum absolute atomic E-state index is 0.0710. The lowest BCUT2D eigenvalue weighted by Crippen LogP contribution is -2.41. The molecule has 3 rings (SSSR count). The molecular formula is C16H18N4O2. The number of H-pyrrole nitrogens is 1. The predicted molar refractivity (Wildman–Crippen MR) is 82.7 cm³/mol. The molecule has 1 saturated heterocycles. The number of anilines is 1. The van der Waals surface area contributed by atoms with Crippen molar-refractivity contribution in [1.82, 2.24) is 15.5 Å². The molecule has 2 heterocycles. The monoisotopic (exact) mass is 298 g/mol. The molecule has 6 heteroatoms. The van der Waals surface area contributed by atoms with Gasteiger partial charge in [-0.1, -0.05) is 17.7 Å². The van der Waals surface area contributed by atoms with Gasteiger partial charge in [-0.05, 0) is 32.4 Å². The van der Waals surface area contributed by atoms with Gasteiger partial charge in [0.05, 0.1) is 11.8 Å². The van der Waals surface area contributed by atoms with E-state index in [4.69, 9.17) is 0 Å². The number of aryl methyl sites for hydroxylation is 2. The highest BCUT2D eigenvalue weighted by molar-refractivity contribution is 6.04. The number of nitrogens with zero attached hydrogens (tertiary/aromatic N) is 2. The number of rotatable bonds is 3. The van der Waals surface area contributed by atoms with Gasteiger partial charge in [-0.15, -0.1) is 0 Å². The summed E-state index contributed by atoms with van der Waals surface area (Å²) in [6.45, 7) is 4.39. The van der Waals surface area contributed by atoms with Crippen LogP contribution in [0.2, 0.25) is 0 Å². The summed E-state index contributed by atoms with van der Waals surface area (Å²) in [5.74, 6) is -0.339. The van der Waals surface area contributed by atoms with Gasteiger partial charge in [0.1, 0.15) is 6.04 Å². The molecule has 0 saturated carbocycles. The Bertz CT molecular complexity index is 705. The van der Waals surface area contributed by atoms with Crippen molar-refractivity contribution in [3.05, 3.63) is 47.3 Å². The average molecular weight is 298 g/mol. The summed E-state index contributed by atoms with van der Waals surface area (Å²) in [6.07, 6.45) is 2.08. The third-order valence-electron chi connectivity index (χ3n) is 3.93. The molecule has 1 aliphatic heterocycles. The summed E-state index contributed by atoms with van der Waals surface area (Å²) in [5.41, 5.74) is 3.18. The number of aromatic amines is 1. The van der Waals surface area contributed by atoms with Crippen LogP contribution in [-0.2, 0) is 4.79 Å². The Balaban J connectivity index is 1.70. The van der Waals surface area contributed by atoms with Crippen molar-refractivity contribution in [2.45, 2.75) is 26.3 Å². The van der Waals surface area contributed by atoms with Crippen molar-refractivity contribution in [1.29, 1.82) is 0 Å². The lowest BCUT2D eigenvalue weighted by atomic mass is 10.2. The first-order chi connectivity index (χ1) is 10.6. The zero-order valence-electron chi connectivity index (χ0n) is 12.6. The molecule has 1 fully saturated rings. The zero-order chi connectivity index (χ0) is 15.7. The SMILES string of the molecule is Cc1ccc(N2CCC(NC(=O)c3cn[nH]c3C)C2=O)cc1. The number of benzene rings is 1. The third kappa shape index (κ3) is 2.59. The largest absolute Gasteiger partial charge is 0.340 e. The number of hydrogen-bond acceptors (Lipinski definition) is 3. The van der Waals surface area contributed by atoms with E-state index in [0.717, 1.165) is 11.3 Å². The quantitative estimate of drug-likeness (QED) is 0.902. The van der Waals surface area contributed by atoms with Crippen LogP contribution in [0.5, 0.6) is 0 Å². The normalized spacial score (nSPS) is 17.8. The predicted octanol–water partition coefficient (Wildman–Crippen LogP) is 1.56. The second kappa shape index (κ2) is 5.63. The maximum Gasteiger partial charge on any atom is 0.255 e. The van der Waals surface area contributed by atoms with Gasteiger partial charge in [0.15, 0.2) is 0 Å². The Hall–Kier alpha value is -2.63. The van der Waals surface area contributed by atoms with Crippen LogP contribution in [0.1, 0.15) is 28.0 Å². The lowest BCUT2D eigenvalue weighted by Gasteiger charge is -2.17. The van der Waals surface area contributed by atoms with Crippen LogP contribution >= 0.6 is 0 Å². The lowest BCUT2D eigenvalue weighted by molar-refractivity contribution is -0.118. The molecule has 0 aliphatic carbocycles. The second-order valence-corrected chi connectivity index (χ2v) is 5.55. The molecule has 1 aromatic heterocycles. The highest BCUT2D eigenvalue weighted by Gasteiger charge is 2.34. The molecule has 1 atom stereocenters. The second-order valence-electron chi connectivity index (χ2n) is 5.55. The Labute approximate surface area is 128 Å². The molecule has 6 nitrogen and oxygen atoms in total. The Kier molecular flexibility index (Phi) is 3.66. The molecule has 2 N–H and O–H groups in total. The molecule has 0 spiro atoms. The van der Waals surface area contributed by atoms with Gasteiger partial charge in [0, 0.05) is 17.9 Å². The molecule has 114 valence electrons. The number of nitrogens with one attached hydrogen (secondary N) is 2. The van der Waals surface area contributed by atoms with Gasteiger partial charge in [-0.3, -0.25) is 14.7 Å². The van der Waals surface area contributed by atoms with Crippen LogP contribution in [0.15, 0.2) is 30.5 Å². The van der Waals surface area contributed by atoms with E-state index in [0.29, 0.717) is 24.2 Å². The van der Waals surface area contributed by atoms with Crippen molar-refractivity contribution in [3.63, 3.8) is 0 Å². The number of carbonyl (C=O) groups excluding carboxylic acids is 2. The van der Waals surface area contributed by atoms with E-state index < -0.39 is 6.04 Å². The van der Waals surface area contributed by atoms with Crippen LogP contribution in [0.3, 0.4) is 0 Å². The minimum Gasteiger partial charge on any atom is -0.340 e. The smallest absolute Gasteiger partial charge is 0.255 e. The van der Waals surface area contributed by atoms with Crippen LogP contribution in [0.4, 0.5) is 5.69 Å². The van der Waals surface area contributed by atoms with E-state index in [9.17, 15) is 9.59 Å². The molecule has 22 heavy (non-hydrogen) atoms. The van der Waals surface area contributed by atoms with Crippen LogP contribution < -0.4 is 10.2 Å². The fourth-order valence-corrected chi connectivity index (χ4v) is 2.61. The van der Waals surface area contributed by atoms with Gasteiger partial charge >= 0.3 is 0 Å². The summed E-state index contributed by atoms with van der Waals surface area (Å²) < 4.78 is 0. The highest BCUT2D eigenvalue weighted by atomic mass is 16.2. The fourth-order valence-electron chi connectivity index (χ4n) is 2.61. The number of aromatic nitrogens is 2. The molecule has 1 unspecified atom stereocenters. The zero-order valence-corrected chi connectivity index (χ0v) is 12.6. The van der Waals surface area contributed by atoms with Crippen molar-refractivity contribution in [2.75, 3.05) is 11.4 Å². The summed E-state index contributed by atoms with van der Waals surface area (Å²) in [5, 5.41) is 9.34. The standard InChI is InChI=1S/C16H18N4O2/c1-10-3-5-12(6-4-10)20-8-7-14(16(20)22)18-15(21)13-9-17-19-11(13)2/h3-6,9,14H,7-8H2,1-2H3,(H,17,19)(H,18,21). The molecule has 2 amide bonds. The Morgan fingerprint density at radius 2 is 2.05 bits per heavy atom. The number of amides is 2. The van der Waals surface area contributed by atoms with Crippen LogP contribution in [-0.4, -0.2) is 34.6 Å². The minimum atomic E-state index is -0.483. The highest BCUT2D eigenvalue weighted by Crippen LogP contribution is 2.22.